The van der Waals surface area contributed by atoms with E-state index in [1.807, 2.05) is 13.8 Å². The van der Waals surface area contributed by atoms with Crippen LogP contribution in [0.15, 0.2) is 12.3 Å². The van der Waals surface area contributed by atoms with Crippen LogP contribution in [0.5, 0.6) is 0 Å². The molecule has 1 saturated heterocycles. The highest BCUT2D eigenvalue weighted by molar-refractivity contribution is 6.32. The molecule has 0 bridgehead atoms. The zero-order valence-corrected chi connectivity index (χ0v) is 15.2. The maximum absolute atomic E-state index is 12.6. The lowest BCUT2D eigenvalue weighted by Gasteiger charge is -2.53. The SMILES string of the molecule is CC1(C)C2OCCC2C1OC(=O)CCNc1ncc(C(F)(F)F)cc1Cl. The molecule has 1 aromatic rings. The Labute approximate surface area is 154 Å². The number of esters is 1. The molecule has 2 fully saturated rings. The molecule has 3 unspecified atom stereocenters. The summed E-state index contributed by atoms with van der Waals surface area (Å²) in [4.78, 5) is 15.7. The number of nitrogens with zero attached hydrogens (tertiary/aromatic N) is 1. The Balaban J connectivity index is 1.49. The minimum absolute atomic E-state index is 0.0594. The average molecular weight is 393 g/mol. The summed E-state index contributed by atoms with van der Waals surface area (Å²) in [5.74, 6) is -0.0300. The Kier molecular flexibility index (Phi) is 5.09. The lowest BCUT2D eigenvalue weighted by molar-refractivity contribution is -0.209. The van der Waals surface area contributed by atoms with E-state index in [9.17, 15) is 18.0 Å². The average Bonchev–Trinajstić information content (AvgIpc) is 3.00. The quantitative estimate of drug-likeness (QED) is 0.770. The first-order chi connectivity index (χ1) is 12.1. The molecule has 0 spiro atoms. The van der Waals surface area contributed by atoms with Gasteiger partial charge in [-0.15, -0.1) is 0 Å². The third kappa shape index (κ3) is 3.62. The second-order valence-electron chi connectivity index (χ2n) is 7.20. The van der Waals surface area contributed by atoms with Crippen LogP contribution in [0.1, 0.15) is 32.3 Å². The Bertz CT molecular complexity index is 696. The van der Waals surface area contributed by atoms with Crippen LogP contribution < -0.4 is 5.32 Å². The number of rotatable bonds is 5. The van der Waals surface area contributed by atoms with Gasteiger partial charge in [0.15, 0.2) is 0 Å². The normalized spacial score (nSPS) is 26.8. The Morgan fingerprint density at radius 2 is 2.23 bits per heavy atom. The van der Waals surface area contributed by atoms with Crippen molar-refractivity contribution in [3.63, 3.8) is 0 Å². The number of halogens is 4. The van der Waals surface area contributed by atoms with Crippen molar-refractivity contribution in [1.82, 2.24) is 4.98 Å². The van der Waals surface area contributed by atoms with Crippen molar-refractivity contribution >= 4 is 23.4 Å². The first kappa shape index (κ1) is 19.2. The van der Waals surface area contributed by atoms with Gasteiger partial charge in [-0.25, -0.2) is 4.98 Å². The molecule has 26 heavy (non-hydrogen) atoms. The Morgan fingerprint density at radius 3 is 2.88 bits per heavy atom. The molecule has 144 valence electrons. The van der Waals surface area contributed by atoms with Crippen molar-refractivity contribution < 1.29 is 27.4 Å². The van der Waals surface area contributed by atoms with Crippen molar-refractivity contribution in [1.29, 1.82) is 0 Å². The van der Waals surface area contributed by atoms with Gasteiger partial charge in [-0.2, -0.15) is 13.2 Å². The van der Waals surface area contributed by atoms with Gasteiger partial charge in [-0.1, -0.05) is 25.4 Å². The van der Waals surface area contributed by atoms with Gasteiger partial charge in [0.05, 0.1) is 23.1 Å². The van der Waals surface area contributed by atoms with Gasteiger partial charge >= 0.3 is 12.1 Å². The fraction of sp³-hybridized carbons (Fsp3) is 0.647. The predicted molar refractivity (Wildman–Crippen MR) is 88.9 cm³/mol. The summed E-state index contributed by atoms with van der Waals surface area (Å²) in [6, 6.07) is 0.798. The number of nitrogens with one attached hydrogen (secondary N) is 1. The first-order valence-electron chi connectivity index (χ1n) is 8.38. The predicted octanol–water partition coefficient (Wildman–Crippen LogP) is 3.91. The summed E-state index contributed by atoms with van der Waals surface area (Å²) in [5.41, 5.74) is -1.13. The van der Waals surface area contributed by atoms with E-state index in [2.05, 4.69) is 10.3 Å². The lowest BCUT2D eigenvalue weighted by Crippen LogP contribution is -2.61. The summed E-state index contributed by atoms with van der Waals surface area (Å²) in [6.45, 7) is 4.88. The van der Waals surface area contributed by atoms with Crippen molar-refractivity contribution in [2.45, 2.75) is 45.1 Å². The molecule has 1 aliphatic heterocycles. The number of fused-ring (bicyclic) bond motifs is 1. The summed E-state index contributed by atoms with van der Waals surface area (Å²) in [7, 11) is 0. The Morgan fingerprint density at radius 1 is 1.50 bits per heavy atom. The van der Waals surface area contributed by atoms with Gasteiger partial charge in [-0.3, -0.25) is 4.79 Å². The molecule has 1 aliphatic carbocycles. The standard InChI is InChI=1S/C17H20ClF3N2O3/c1-16(2)13-10(4-6-25-13)14(16)26-12(24)3-5-22-15-11(18)7-9(8-23-15)17(19,20)21/h7-8,10,13-14H,3-6H2,1-2H3,(H,22,23). The summed E-state index contributed by atoms with van der Waals surface area (Å²) in [5, 5.41) is 2.61. The molecule has 3 atom stereocenters. The number of carbonyl (C=O) groups excluding carboxylic acids is 1. The third-order valence-electron chi connectivity index (χ3n) is 5.04. The van der Waals surface area contributed by atoms with Gasteiger partial charge in [0.25, 0.3) is 0 Å². The molecule has 1 N–H and O–H groups in total. The number of alkyl halides is 3. The molecule has 9 heteroatoms. The molecule has 1 aromatic heterocycles. The van der Waals surface area contributed by atoms with Gasteiger partial charge < -0.3 is 14.8 Å². The molecule has 0 amide bonds. The van der Waals surface area contributed by atoms with Crippen molar-refractivity contribution in [3.8, 4) is 0 Å². The second-order valence-corrected chi connectivity index (χ2v) is 7.61. The van der Waals surface area contributed by atoms with E-state index in [0.717, 1.165) is 12.5 Å². The van der Waals surface area contributed by atoms with Crippen LogP contribution in [0.4, 0.5) is 19.0 Å². The highest BCUT2D eigenvalue weighted by Crippen LogP contribution is 2.53. The zero-order valence-electron chi connectivity index (χ0n) is 14.4. The fourth-order valence-electron chi connectivity index (χ4n) is 3.72. The number of anilines is 1. The third-order valence-corrected chi connectivity index (χ3v) is 5.33. The van der Waals surface area contributed by atoms with E-state index in [1.165, 1.54) is 0 Å². The molecular formula is C17H20ClF3N2O3. The van der Waals surface area contributed by atoms with Crippen molar-refractivity contribution in [2.24, 2.45) is 11.3 Å². The highest BCUT2D eigenvalue weighted by Gasteiger charge is 2.61. The molecule has 3 rings (SSSR count). The molecule has 5 nitrogen and oxygen atoms in total. The summed E-state index contributed by atoms with van der Waals surface area (Å²) >= 11 is 5.81. The van der Waals surface area contributed by atoms with Crippen molar-refractivity contribution in [3.05, 3.63) is 22.8 Å². The molecule has 0 radical (unpaired) electrons. The fourth-order valence-corrected chi connectivity index (χ4v) is 3.96. The van der Waals surface area contributed by atoms with E-state index in [-0.39, 0.29) is 53.3 Å². The lowest BCUT2D eigenvalue weighted by atomic mass is 9.59. The minimum Gasteiger partial charge on any atom is -0.461 e. The van der Waals surface area contributed by atoms with Crippen LogP contribution in [-0.2, 0) is 20.4 Å². The van der Waals surface area contributed by atoms with Crippen molar-refractivity contribution in [2.75, 3.05) is 18.5 Å². The molecule has 0 aromatic carbocycles. The van der Waals surface area contributed by atoms with Crippen LogP contribution in [0, 0.1) is 11.3 Å². The van der Waals surface area contributed by atoms with Gasteiger partial charge in [0.2, 0.25) is 0 Å². The van der Waals surface area contributed by atoms with E-state index in [0.29, 0.717) is 12.8 Å². The highest BCUT2D eigenvalue weighted by atomic mass is 35.5. The minimum atomic E-state index is -4.50. The molecule has 2 aliphatic rings. The largest absolute Gasteiger partial charge is 0.461 e. The molecule has 1 saturated carbocycles. The van der Waals surface area contributed by atoms with Crippen LogP contribution in [0.3, 0.4) is 0 Å². The van der Waals surface area contributed by atoms with Crippen LogP contribution in [-0.4, -0.2) is 36.3 Å². The topological polar surface area (TPSA) is 60.5 Å². The van der Waals surface area contributed by atoms with Crippen LogP contribution in [0.2, 0.25) is 5.02 Å². The van der Waals surface area contributed by atoms with Crippen LogP contribution in [0.25, 0.3) is 0 Å². The van der Waals surface area contributed by atoms with Gasteiger partial charge in [0, 0.05) is 30.7 Å². The summed E-state index contributed by atoms with van der Waals surface area (Å²) in [6.07, 6.45) is -2.90. The first-order valence-corrected chi connectivity index (χ1v) is 8.76. The molecular weight excluding hydrogens is 373 g/mol. The Hall–Kier alpha value is -1.54. The maximum atomic E-state index is 12.6. The molecule has 2 heterocycles. The maximum Gasteiger partial charge on any atom is 0.417 e. The van der Waals surface area contributed by atoms with E-state index >= 15 is 0 Å². The zero-order chi connectivity index (χ0) is 19.1. The smallest absolute Gasteiger partial charge is 0.417 e. The van der Waals surface area contributed by atoms with E-state index in [1.54, 1.807) is 0 Å². The van der Waals surface area contributed by atoms with Crippen LogP contribution >= 0.6 is 11.6 Å². The number of carbonyl (C=O) groups is 1. The van der Waals surface area contributed by atoms with Gasteiger partial charge in [-0.05, 0) is 12.5 Å². The number of aromatic nitrogens is 1. The number of hydrogen-bond acceptors (Lipinski definition) is 5. The number of pyridine rings is 1. The van der Waals surface area contributed by atoms with E-state index < -0.39 is 11.7 Å². The number of ether oxygens (including phenoxy) is 2. The monoisotopic (exact) mass is 392 g/mol. The second kappa shape index (κ2) is 6.88. The van der Waals surface area contributed by atoms with E-state index in [4.69, 9.17) is 21.1 Å². The number of hydrogen-bond donors (Lipinski definition) is 1. The summed E-state index contributed by atoms with van der Waals surface area (Å²) < 4.78 is 49.0. The van der Waals surface area contributed by atoms with Gasteiger partial charge in [0.1, 0.15) is 11.9 Å².